The fourth-order valence-electron chi connectivity index (χ4n) is 4.24. The molecule has 0 bridgehead atoms. The molecule has 1 heterocycles. The van der Waals surface area contributed by atoms with Gasteiger partial charge in [-0.1, -0.05) is 0 Å². The number of nitrogens with zero attached hydrogens (tertiary/aromatic N) is 1. The third-order valence-electron chi connectivity index (χ3n) is 5.64. The molecule has 0 aromatic heterocycles. The number of hydrogen-bond donors (Lipinski definition) is 2. The van der Waals surface area contributed by atoms with Crippen LogP contribution in [0.1, 0.15) is 42.1 Å². The first-order valence-corrected chi connectivity index (χ1v) is 9.64. The van der Waals surface area contributed by atoms with Crippen LogP contribution in [0.25, 0.3) is 0 Å². The maximum atomic E-state index is 14.6. The Hall–Kier alpha value is -1.29. The Morgan fingerprint density at radius 3 is 2.65 bits per heavy atom. The average molecular weight is 476 g/mol. The molecule has 0 radical (unpaired) electrons. The lowest BCUT2D eigenvalue weighted by atomic mass is 9.77. The third kappa shape index (κ3) is 2.81. The van der Waals surface area contributed by atoms with Crippen LogP contribution in [0.3, 0.4) is 0 Å². The van der Waals surface area contributed by atoms with Gasteiger partial charge in [0.2, 0.25) is 5.91 Å². The van der Waals surface area contributed by atoms with Crippen molar-refractivity contribution in [3.05, 3.63) is 32.6 Å². The highest BCUT2D eigenvalue weighted by Crippen LogP contribution is 2.55. The highest BCUT2D eigenvalue weighted by molar-refractivity contribution is 14.1. The number of carbonyl (C=O) groups excluding carboxylic acids is 2. The minimum Gasteiger partial charge on any atom is -0.390 e. The number of carbonyl (C=O) groups is 2. The molecule has 1 aromatic rings. The molecule has 5 nitrogen and oxygen atoms in total. The molecule has 4 rings (SSSR count). The lowest BCUT2D eigenvalue weighted by Gasteiger charge is -2.41. The van der Waals surface area contributed by atoms with Crippen LogP contribution in [-0.4, -0.2) is 52.7 Å². The molecule has 2 atom stereocenters. The van der Waals surface area contributed by atoms with E-state index in [1.54, 1.807) is 6.92 Å². The van der Waals surface area contributed by atoms with E-state index in [9.17, 15) is 23.5 Å². The first-order valence-electron chi connectivity index (χ1n) is 8.56. The van der Waals surface area contributed by atoms with Crippen molar-refractivity contribution in [1.29, 1.82) is 0 Å². The van der Waals surface area contributed by atoms with Gasteiger partial charge < -0.3 is 15.3 Å². The fourth-order valence-corrected chi connectivity index (χ4v) is 4.69. The second-order valence-electron chi connectivity index (χ2n) is 7.94. The number of aliphatic hydroxyl groups is 1. The molecular formula is C18H19F2IN2O3. The molecular weight excluding hydrogens is 457 g/mol. The molecule has 2 fully saturated rings. The number of hydrogen-bond acceptors (Lipinski definition) is 3. The van der Waals surface area contributed by atoms with Crippen molar-refractivity contribution in [2.75, 3.05) is 13.1 Å². The van der Waals surface area contributed by atoms with Gasteiger partial charge in [-0.15, -0.1) is 0 Å². The predicted octanol–water partition coefficient (Wildman–Crippen LogP) is 1.90. The van der Waals surface area contributed by atoms with Crippen molar-refractivity contribution < 1.29 is 23.5 Å². The minimum absolute atomic E-state index is 0.00676. The van der Waals surface area contributed by atoms with Crippen LogP contribution in [0.2, 0.25) is 0 Å². The lowest BCUT2D eigenvalue weighted by molar-refractivity contribution is -0.125. The van der Waals surface area contributed by atoms with Crippen molar-refractivity contribution in [3.63, 3.8) is 0 Å². The van der Waals surface area contributed by atoms with Crippen LogP contribution >= 0.6 is 22.6 Å². The van der Waals surface area contributed by atoms with Gasteiger partial charge in [-0.2, -0.15) is 0 Å². The Labute approximate surface area is 163 Å². The summed E-state index contributed by atoms with van der Waals surface area (Å²) in [6.07, 6.45) is -0.117. The summed E-state index contributed by atoms with van der Waals surface area (Å²) in [6, 6.07) is 2.89. The van der Waals surface area contributed by atoms with E-state index in [-0.39, 0.29) is 42.6 Å². The number of halogens is 3. The summed E-state index contributed by atoms with van der Waals surface area (Å²) in [7, 11) is 0. The number of amides is 2. The van der Waals surface area contributed by atoms with Gasteiger partial charge in [0.05, 0.1) is 17.6 Å². The Morgan fingerprint density at radius 2 is 2.08 bits per heavy atom. The van der Waals surface area contributed by atoms with Crippen LogP contribution < -0.4 is 5.32 Å². The summed E-state index contributed by atoms with van der Waals surface area (Å²) in [5.41, 5.74) is -1.48. The zero-order chi connectivity index (χ0) is 18.9. The molecule has 2 amide bonds. The number of fused-ring (bicyclic) bond motifs is 2. The molecule has 1 aliphatic heterocycles. The number of rotatable bonds is 3. The maximum absolute atomic E-state index is 14.6. The largest absolute Gasteiger partial charge is 0.390 e. The highest BCUT2D eigenvalue weighted by atomic mass is 127. The summed E-state index contributed by atoms with van der Waals surface area (Å²) in [6.45, 7) is 1.51. The second-order valence-corrected chi connectivity index (χ2v) is 9.10. The molecule has 2 saturated carbocycles. The van der Waals surface area contributed by atoms with Crippen molar-refractivity contribution in [2.45, 2.75) is 49.4 Å². The van der Waals surface area contributed by atoms with E-state index in [0.29, 0.717) is 16.4 Å². The predicted molar refractivity (Wildman–Crippen MR) is 98.0 cm³/mol. The van der Waals surface area contributed by atoms with E-state index >= 15 is 0 Å². The van der Waals surface area contributed by atoms with Gasteiger partial charge in [0.15, 0.2) is 0 Å². The van der Waals surface area contributed by atoms with Crippen LogP contribution in [0.15, 0.2) is 12.1 Å². The zero-order valence-electron chi connectivity index (χ0n) is 14.2. The van der Waals surface area contributed by atoms with Crippen LogP contribution in [0.5, 0.6) is 0 Å². The molecule has 140 valence electrons. The van der Waals surface area contributed by atoms with Crippen molar-refractivity contribution in [3.8, 4) is 0 Å². The van der Waals surface area contributed by atoms with Gasteiger partial charge in [0.25, 0.3) is 5.91 Å². The molecule has 3 aliphatic rings. The second kappa shape index (κ2) is 5.85. The molecule has 26 heavy (non-hydrogen) atoms. The summed E-state index contributed by atoms with van der Waals surface area (Å²) >= 11 is 1.83. The third-order valence-corrected chi connectivity index (χ3v) is 6.47. The van der Waals surface area contributed by atoms with Crippen LogP contribution in [0, 0.1) is 9.39 Å². The first kappa shape index (κ1) is 18.1. The van der Waals surface area contributed by atoms with E-state index in [1.807, 2.05) is 22.6 Å². The summed E-state index contributed by atoms with van der Waals surface area (Å²) in [4.78, 5) is 26.3. The van der Waals surface area contributed by atoms with Crippen LogP contribution in [-0.2, 0) is 10.2 Å². The molecule has 0 saturated heterocycles. The molecule has 0 unspecified atom stereocenters. The fraction of sp³-hybridized carbons (Fsp3) is 0.556. The molecule has 2 aliphatic carbocycles. The summed E-state index contributed by atoms with van der Waals surface area (Å²) < 4.78 is 29.2. The van der Waals surface area contributed by atoms with Gasteiger partial charge in [0, 0.05) is 27.3 Å². The Balaban J connectivity index is 1.53. The standard InChI is InChI=1S/C18H19F2IN2O3/c1-17(26)4-9(5-17)22-13(24)7-23-8-18(6-12(18)19)14-10(16(23)25)2-3-11(21)15(14)20/h2-3,9,12,26H,4-8H2,1H3,(H,22,24)/t9-,12-,17+,18+/m1/s1. The Bertz CT molecular complexity index is 808. The maximum Gasteiger partial charge on any atom is 0.254 e. The minimum atomic E-state index is -1.21. The highest BCUT2D eigenvalue weighted by Gasteiger charge is 2.62. The Morgan fingerprint density at radius 1 is 1.42 bits per heavy atom. The quantitative estimate of drug-likeness (QED) is 0.656. The number of alkyl halides is 1. The molecule has 1 spiro atoms. The first-order chi connectivity index (χ1) is 12.1. The number of benzene rings is 1. The average Bonchev–Trinajstić information content (AvgIpc) is 3.15. The van der Waals surface area contributed by atoms with E-state index in [1.165, 1.54) is 17.0 Å². The summed E-state index contributed by atoms with van der Waals surface area (Å²) in [5, 5.41) is 12.5. The monoisotopic (exact) mass is 476 g/mol. The van der Waals surface area contributed by atoms with E-state index in [0.717, 1.165) is 0 Å². The van der Waals surface area contributed by atoms with Crippen molar-refractivity contribution >= 4 is 34.4 Å². The number of nitrogens with one attached hydrogen (secondary N) is 1. The zero-order valence-corrected chi connectivity index (χ0v) is 16.3. The van der Waals surface area contributed by atoms with E-state index < -0.39 is 28.9 Å². The van der Waals surface area contributed by atoms with Gasteiger partial charge >= 0.3 is 0 Å². The lowest BCUT2D eigenvalue weighted by Crippen LogP contribution is -2.56. The van der Waals surface area contributed by atoms with Gasteiger partial charge in [-0.05, 0) is 60.9 Å². The van der Waals surface area contributed by atoms with E-state index in [2.05, 4.69) is 5.32 Å². The van der Waals surface area contributed by atoms with Gasteiger partial charge in [-0.3, -0.25) is 9.59 Å². The topological polar surface area (TPSA) is 69.6 Å². The Kier molecular flexibility index (Phi) is 4.07. The smallest absolute Gasteiger partial charge is 0.254 e. The van der Waals surface area contributed by atoms with Crippen molar-refractivity contribution in [2.24, 2.45) is 0 Å². The van der Waals surface area contributed by atoms with Gasteiger partial charge in [0.1, 0.15) is 12.0 Å². The van der Waals surface area contributed by atoms with E-state index in [4.69, 9.17) is 0 Å². The van der Waals surface area contributed by atoms with Crippen LogP contribution in [0.4, 0.5) is 8.78 Å². The van der Waals surface area contributed by atoms with Gasteiger partial charge in [-0.25, -0.2) is 8.78 Å². The molecule has 8 heteroatoms. The normalized spacial score (nSPS) is 35.1. The SMILES string of the molecule is C[C@]1(O)C[C@@H](NC(=O)CN2C[C@]3(C[C@H]3F)c3c(ccc(I)c3F)C2=O)C1. The summed E-state index contributed by atoms with van der Waals surface area (Å²) in [5.74, 6) is -1.33. The molecule has 2 N–H and O–H groups in total. The van der Waals surface area contributed by atoms with Crippen molar-refractivity contribution in [1.82, 2.24) is 10.2 Å². The molecule has 1 aromatic carbocycles.